The van der Waals surface area contributed by atoms with Crippen molar-refractivity contribution in [3.05, 3.63) is 0 Å². The molecule has 0 aliphatic carbocycles. The quantitative estimate of drug-likeness (QED) is 0.499. The molecule has 1 unspecified atom stereocenters. The van der Waals surface area contributed by atoms with E-state index in [1.807, 2.05) is 4.90 Å². The van der Waals surface area contributed by atoms with Crippen LogP contribution in [0, 0.1) is 0 Å². The zero-order valence-corrected chi connectivity index (χ0v) is 8.95. The number of primary amides is 1. The van der Waals surface area contributed by atoms with E-state index in [2.05, 4.69) is 10.6 Å². The zero-order chi connectivity index (χ0) is 11.3. The van der Waals surface area contributed by atoms with Crippen molar-refractivity contribution in [3.8, 4) is 0 Å². The molecule has 2 amide bonds. The van der Waals surface area contributed by atoms with E-state index in [9.17, 15) is 9.59 Å². The Bertz CT molecular complexity index is 244. The molecule has 0 aromatic heterocycles. The topological polar surface area (TPSA) is 87.5 Å². The highest BCUT2D eigenvalue weighted by atomic mass is 16.2. The minimum absolute atomic E-state index is 0.0549. The minimum Gasteiger partial charge on any atom is -0.368 e. The summed E-state index contributed by atoms with van der Waals surface area (Å²) >= 11 is 0. The lowest BCUT2D eigenvalue weighted by molar-refractivity contribution is -0.123. The van der Waals surface area contributed by atoms with Crippen LogP contribution in [0.5, 0.6) is 0 Å². The number of carbonyl (C=O) groups excluding carboxylic acids is 2. The summed E-state index contributed by atoms with van der Waals surface area (Å²) < 4.78 is 0. The number of rotatable bonds is 4. The lowest BCUT2D eigenvalue weighted by Crippen LogP contribution is -2.58. The van der Waals surface area contributed by atoms with Crippen molar-refractivity contribution >= 4 is 11.8 Å². The Balaban J connectivity index is 2.36. The van der Waals surface area contributed by atoms with Gasteiger partial charge in [0.25, 0.3) is 0 Å². The fourth-order valence-electron chi connectivity index (χ4n) is 1.67. The van der Waals surface area contributed by atoms with E-state index < -0.39 is 0 Å². The van der Waals surface area contributed by atoms with Gasteiger partial charge < -0.3 is 16.4 Å². The van der Waals surface area contributed by atoms with Crippen molar-refractivity contribution in [2.24, 2.45) is 5.73 Å². The molecule has 1 rings (SSSR count). The Morgan fingerprint density at radius 2 is 2.33 bits per heavy atom. The lowest BCUT2D eigenvalue weighted by Gasteiger charge is -2.33. The number of hydrogen-bond donors (Lipinski definition) is 3. The molecule has 15 heavy (non-hydrogen) atoms. The minimum atomic E-state index is -0.315. The third-order valence-electron chi connectivity index (χ3n) is 2.46. The first kappa shape index (κ1) is 11.9. The molecular weight excluding hydrogens is 196 g/mol. The van der Waals surface area contributed by atoms with E-state index in [0.717, 1.165) is 13.1 Å². The Morgan fingerprint density at radius 1 is 1.60 bits per heavy atom. The van der Waals surface area contributed by atoms with Crippen LogP contribution in [0.3, 0.4) is 0 Å². The highest BCUT2D eigenvalue weighted by molar-refractivity contribution is 5.80. The van der Waals surface area contributed by atoms with Gasteiger partial charge in [0.15, 0.2) is 0 Å². The van der Waals surface area contributed by atoms with E-state index in [-0.39, 0.29) is 17.9 Å². The Hall–Kier alpha value is -1.14. The van der Waals surface area contributed by atoms with Crippen molar-refractivity contribution in [1.29, 1.82) is 0 Å². The lowest BCUT2D eigenvalue weighted by atomic mass is 10.2. The van der Waals surface area contributed by atoms with Crippen LogP contribution in [0.1, 0.15) is 6.92 Å². The van der Waals surface area contributed by atoms with E-state index in [1.54, 1.807) is 0 Å². The van der Waals surface area contributed by atoms with Crippen LogP contribution in [0.4, 0.5) is 0 Å². The van der Waals surface area contributed by atoms with Crippen molar-refractivity contribution in [2.45, 2.75) is 13.0 Å². The standard InChI is InChI=1S/C9H18N4O2/c1-7(14)12-3-5-13-4-2-11-6-8(13)9(10)15/h8,11H,2-6H2,1H3,(H2,10,15)(H,12,14). The molecule has 0 aromatic rings. The van der Waals surface area contributed by atoms with Gasteiger partial charge in [0.05, 0.1) is 0 Å². The largest absolute Gasteiger partial charge is 0.368 e. The molecule has 6 nitrogen and oxygen atoms in total. The molecule has 4 N–H and O–H groups in total. The molecule has 1 fully saturated rings. The molecule has 1 aliphatic heterocycles. The molecule has 0 aromatic carbocycles. The molecule has 1 aliphatic rings. The Labute approximate surface area is 89.2 Å². The number of piperazine rings is 1. The van der Waals surface area contributed by atoms with E-state index in [0.29, 0.717) is 19.6 Å². The normalized spacial score (nSPS) is 22.3. The van der Waals surface area contributed by atoms with Crippen molar-refractivity contribution in [1.82, 2.24) is 15.5 Å². The second kappa shape index (κ2) is 5.67. The highest BCUT2D eigenvalue weighted by Crippen LogP contribution is 2.01. The fourth-order valence-corrected chi connectivity index (χ4v) is 1.67. The van der Waals surface area contributed by atoms with Gasteiger partial charge in [0.1, 0.15) is 6.04 Å². The highest BCUT2D eigenvalue weighted by Gasteiger charge is 2.25. The Morgan fingerprint density at radius 3 is 2.93 bits per heavy atom. The number of carbonyl (C=O) groups is 2. The number of amides is 2. The van der Waals surface area contributed by atoms with Gasteiger partial charge in [0.2, 0.25) is 11.8 Å². The van der Waals surface area contributed by atoms with Crippen LogP contribution in [-0.2, 0) is 9.59 Å². The first-order valence-electron chi connectivity index (χ1n) is 5.10. The zero-order valence-electron chi connectivity index (χ0n) is 8.95. The number of nitrogens with zero attached hydrogens (tertiary/aromatic N) is 1. The second-order valence-electron chi connectivity index (χ2n) is 3.64. The van der Waals surface area contributed by atoms with Gasteiger partial charge in [-0.05, 0) is 0 Å². The second-order valence-corrected chi connectivity index (χ2v) is 3.64. The monoisotopic (exact) mass is 214 g/mol. The molecule has 0 bridgehead atoms. The fraction of sp³-hybridized carbons (Fsp3) is 0.778. The summed E-state index contributed by atoms with van der Waals surface area (Å²) in [6.45, 7) is 4.92. The van der Waals surface area contributed by atoms with E-state index in [1.165, 1.54) is 6.92 Å². The van der Waals surface area contributed by atoms with Gasteiger partial charge in [0, 0.05) is 39.6 Å². The number of nitrogens with one attached hydrogen (secondary N) is 2. The Kier molecular flexibility index (Phi) is 4.51. The number of hydrogen-bond acceptors (Lipinski definition) is 4. The van der Waals surface area contributed by atoms with Crippen molar-refractivity contribution in [2.75, 3.05) is 32.7 Å². The summed E-state index contributed by atoms with van der Waals surface area (Å²) in [6.07, 6.45) is 0. The predicted octanol–water partition coefficient (Wildman–Crippen LogP) is -2.12. The van der Waals surface area contributed by atoms with Crippen LogP contribution in [-0.4, -0.2) is 55.5 Å². The number of nitrogens with two attached hydrogens (primary N) is 1. The van der Waals surface area contributed by atoms with Gasteiger partial charge >= 0.3 is 0 Å². The predicted molar refractivity (Wildman–Crippen MR) is 56.1 cm³/mol. The smallest absolute Gasteiger partial charge is 0.236 e. The summed E-state index contributed by atoms with van der Waals surface area (Å²) in [7, 11) is 0. The van der Waals surface area contributed by atoms with Gasteiger partial charge in [-0.1, -0.05) is 0 Å². The summed E-state index contributed by atoms with van der Waals surface area (Å²) in [5.74, 6) is -0.370. The van der Waals surface area contributed by atoms with Gasteiger partial charge in [-0.2, -0.15) is 0 Å². The molecular formula is C9H18N4O2. The summed E-state index contributed by atoms with van der Waals surface area (Å²) in [6, 6.07) is -0.257. The van der Waals surface area contributed by atoms with Crippen molar-refractivity contribution < 1.29 is 9.59 Å². The molecule has 0 spiro atoms. The molecule has 1 heterocycles. The van der Waals surface area contributed by atoms with E-state index in [4.69, 9.17) is 5.73 Å². The maximum atomic E-state index is 11.1. The summed E-state index contributed by atoms with van der Waals surface area (Å²) in [4.78, 5) is 23.8. The van der Waals surface area contributed by atoms with Gasteiger partial charge in [-0.3, -0.25) is 14.5 Å². The van der Waals surface area contributed by atoms with Crippen LogP contribution in [0.2, 0.25) is 0 Å². The maximum Gasteiger partial charge on any atom is 0.236 e. The third-order valence-corrected chi connectivity index (χ3v) is 2.46. The van der Waals surface area contributed by atoms with Crippen molar-refractivity contribution in [3.63, 3.8) is 0 Å². The molecule has 6 heteroatoms. The van der Waals surface area contributed by atoms with Crippen LogP contribution in [0.25, 0.3) is 0 Å². The third kappa shape index (κ3) is 3.85. The SMILES string of the molecule is CC(=O)NCCN1CCNCC1C(N)=O. The average Bonchev–Trinajstić information content (AvgIpc) is 2.17. The molecule has 0 radical (unpaired) electrons. The van der Waals surface area contributed by atoms with Crippen LogP contribution < -0.4 is 16.4 Å². The first-order chi connectivity index (χ1) is 7.11. The molecule has 1 atom stereocenters. The summed E-state index contributed by atoms with van der Waals surface area (Å²) in [5.41, 5.74) is 5.28. The summed E-state index contributed by atoms with van der Waals surface area (Å²) in [5, 5.41) is 5.81. The van der Waals surface area contributed by atoms with E-state index >= 15 is 0 Å². The first-order valence-corrected chi connectivity index (χ1v) is 5.10. The average molecular weight is 214 g/mol. The van der Waals surface area contributed by atoms with Gasteiger partial charge in [-0.15, -0.1) is 0 Å². The molecule has 0 saturated carbocycles. The molecule has 1 saturated heterocycles. The van der Waals surface area contributed by atoms with Crippen LogP contribution >= 0.6 is 0 Å². The van der Waals surface area contributed by atoms with Gasteiger partial charge in [-0.25, -0.2) is 0 Å². The van der Waals surface area contributed by atoms with Crippen LogP contribution in [0.15, 0.2) is 0 Å². The molecule has 86 valence electrons. The maximum absolute atomic E-state index is 11.1.